The zero-order valence-corrected chi connectivity index (χ0v) is 54.1. The summed E-state index contributed by atoms with van der Waals surface area (Å²) in [5.41, 5.74) is 19.8. The molecule has 0 spiro atoms. The van der Waals surface area contributed by atoms with E-state index in [9.17, 15) is 49.8 Å². The van der Waals surface area contributed by atoms with Crippen LogP contribution in [0.4, 0.5) is 0 Å². The van der Waals surface area contributed by atoms with Gasteiger partial charge in [0.05, 0.1) is 50.8 Å². The molecule has 0 aliphatic heterocycles. The van der Waals surface area contributed by atoms with Crippen LogP contribution in [-0.4, -0.2) is 95.0 Å². The Hall–Kier alpha value is -8.24. The predicted molar refractivity (Wildman–Crippen MR) is 362 cm³/mol. The number of hydrogen-bond acceptors (Lipinski definition) is 16. The summed E-state index contributed by atoms with van der Waals surface area (Å²) in [6.07, 6.45) is 0. The van der Waals surface area contributed by atoms with Crippen molar-refractivity contribution in [2.45, 2.75) is 69.9 Å². The molecule has 0 amide bonds. The van der Waals surface area contributed by atoms with Crippen molar-refractivity contribution < 1.29 is 68.8 Å². The average molecular weight is 1300 g/mol. The van der Waals surface area contributed by atoms with Gasteiger partial charge in [-0.1, -0.05) is 147 Å². The van der Waals surface area contributed by atoms with Gasteiger partial charge in [0.25, 0.3) is 0 Å². The Balaban J connectivity index is 0.000000218. The maximum atomic E-state index is 11.4. The molecule has 0 radical (unpaired) electrons. The first kappa shape index (κ1) is 72.5. The van der Waals surface area contributed by atoms with Crippen molar-refractivity contribution in [3.05, 3.63) is 251 Å². The van der Waals surface area contributed by atoms with E-state index in [1.807, 2.05) is 158 Å². The molecule has 0 fully saturated rings. The lowest BCUT2D eigenvalue weighted by Crippen LogP contribution is -2.35. The summed E-state index contributed by atoms with van der Waals surface area (Å²) in [6.45, 7) is 3.47. The highest BCUT2D eigenvalue weighted by Gasteiger charge is 2.29. The number of hydrogen-bond donors (Lipinski definition) is 8. The average Bonchev–Trinajstić information content (AvgIpc) is 1.57. The second kappa shape index (κ2) is 38.3. The van der Waals surface area contributed by atoms with Gasteiger partial charge in [-0.2, -0.15) is 0 Å². The molecular formula is C70H78N2O14S4. The Labute approximate surface area is 543 Å². The van der Waals surface area contributed by atoms with Gasteiger partial charge in [0.2, 0.25) is 0 Å². The van der Waals surface area contributed by atoms with Crippen molar-refractivity contribution in [1.82, 2.24) is 0 Å². The van der Waals surface area contributed by atoms with Gasteiger partial charge in [0.15, 0.2) is 0 Å². The third kappa shape index (κ3) is 23.9. The molecule has 0 saturated carbocycles. The minimum absolute atomic E-state index is 0.0687. The molecule has 20 heteroatoms. The van der Waals surface area contributed by atoms with E-state index in [2.05, 4.69) is 0 Å². The van der Waals surface area contributed by atoms with E-state index in [-0.39, 0.29) is 27.2 Å². The number of benzene rings is 8. The molecule has 10 N–H and O–H groups in total. The molecule has 0 aliphatic rings. The third-order valence-electron chi connectivity index (χ3n) is 14.0. The van der Waals surface area contributed by atoms with Gasteiger partial charge < -0.3 is 61.1 Å². The molecular weight excluding hydrogens is 1220 g/mol. The highest BCUT2D eigenvalue weighted by molar-refractivity contribution is 7.99. The van der Waals surface area contributed by atoms with Crippen LogP contribution in [0.1, 0.15) is 79.4 Å². The highest BCUT2D eigenvalue weighted by Crippen LogP contribution is 2.41. The van der Waals surface area contributed by atoms with Crippen molar-refractivity contribution in [2.75, 3.05) is 28.4 Å². The van der Waals surface area contributed by atoms with Crippen LogP contribution in [0.3, 0.4) is 0 Å². The van der Waals surface area contributed by atoms with Gasteiger partial charge >= 0.3 is 23.9 Å². The Morgan fingerprint density at radius 2 is 0.556 bits per heavy atom. The normalized spacial score (nSPS) is 13.3. The molecule has 0 aromatic heterocycles. The van der Waals surface area contributed by atoms with Crippen LogP contribution in [-0.2, 0) is 42.2 Å². The van der Waals surface area contributed by atoms with Crippen molar-refractivity contribution in [3.63, 3.8) is 0 Å². The molecule has 6 unspecified atom stereocenters. The number of carboxylic acid groups (broad SMARTS) is 4. The number of aliphatic carboxylic acids is 4. The fourth-order valence-corrected chi connectivity index (χ4v) is 13.7. The van der Waals surface area contributed by atoms with Crippen LogP contribution in [0.5, 0.6) is 34.5 Å². The molecule has 16 nitrogen and oxygen atoms in total. The molecule has 8 aromatic rings. The number of thioether (sulfide) groups is 4. The fraction of sp³-hybridized carbons (Fsp3) is 0.257. The summed E-state index contributed by atoms with van der Waals surface area (Å²) in [5, 5.41) is 55.0. The van der Waals surface area contributed by atoms with E-state index in [0.29, 0.717) is 17.3 Å². The third-order valence-corrected chi connectivity index (χ3v) is 19.9. The van der Waals surface area contributed by atoms with Crippen LogP contribution in [0.25, 0.3) is 0 Å². The maximum Gasteiger partial charge on any atom is 0.321 e. The number of carbonyl (C=O) groups is 4. The molecule has 0 saturated heterocycles. The predicted octanol–water partition coefficient (Wildman–Crippen LogP) is 14.4. The number of phenols is 2. The lowest BCUT2D eigenvalue weighted by molar-refractivity contribution is -0.142. The first-order valence-corrected chi connectivity index (χ1v) is 32.5. The van der Waals surface area contributed by atoms with Crippen molar-refractivity contribution in [2.24, 2.45) is 23.3 Å². The number of nitrogens with two attached hydrogens (primary N) is 2. The highest BCUT2D eigenvalue weighted by atomic mass is 32.2. The summed E-state index contributed by atoms with van der Waals surface area (Å²) >= 11 is 6.22. The van der Waals surface area contributed by atoms with Crippen LogP contribution >= 0.6 is 47.0 Å². The molecule has 8 rings (SSSR count). The number of carboxylic acids is 4. The smallest absolute Gasteiger partial charge is 0.321 e. The number of methoxy groups -OCH3 is 4. The van der Waals surface area contributed by atoms with Gasteiger partial charge in [0, 0.05) is 33.5 Å². The van der Waals surface area contributed by atoms with Gasteiger partial charge in [-0.15, -0.1) is 47.0 Å². The standard InChI is InChI=1S/C18H20O4S.C18H20O3S.C17H19NO4S.C17H19NO3S/c1-12(18(20)21)17(14-5-7-15(19)8-6-14)23-11-13-3-9-16(22-2)10-4-13;1-13(18(19)20)17(15-6-4-3-5-7-15)22-12-14-8-10-16(21-2)11-9-14;1-22-14-8-2-11(3-9-14)10-23-16(15(18)17(20)21)12-4-6-13(19)7-5-12;1-21-14-9-7-12(8-10-14)11-22-16(15(18)17(19)20)13-5-3-2-4-6-13/h3-10,12,17,19H,11H2,1-2H3,(H,20,21);3-11,13,17H,12H2,1-2H3,(H,19,20);2-9,15-16,19H,10,18H2,1H3,(H,20,21);2-10,15-16H,11,18H2,1H3,(H,19,20)/t;;2*15-,16?/m..11/s1. The number of aromatic hydroxyl groups is 2. The first-order valence-electron chi connectivity index (χ1n) is 28.3. The van der Waals surface area contributed by atoms with Gasteiger partial charge in [-0.25, -0.2) is 0 Å². The molecule has 476 valence electrons. The first-order chi connectivity index (χ1) is 43.2. The zero-order chi connectivity index (χ0) is 65.5. The van der Waals surface area contributed by atoms with E-state index in [1.165, 1.54) is 35.7 Å². The van der Waals surface area contributed by atoms with Crippen molar-refractivity contribution in [1.29, 1.82) is 0 Å². The Bertz CT molecular complexity index is 3160. The molecule has 8 atom stereocenters. The van der Waals surface area contributed by atoms with Crippen LogP contribution < -0.4 is 30.4 Å². The van der Waals surface area contributed by atoms with Crippen molar-refractivity contribution in [3.8, 4) is 34.5 Å². The van der Waals surface area contributed by atoms with E-state index in [1.54, 1.807) is 102 Å². The Morgan fingerprint density at radius 3 is 0.789 bits per heavy atom. The molecule has 8 aromatic carbocycles. The summed E-state index contributed by atoms with van der Waals surface area (Å²) in [6, 6.07) is 61.5. The minimum Gasteiger partial charge on any atom is -0.508 e. The van der Waals surface area contributed by atoms with E-state index >= 15 is 0 Å². The SMILES string of the molecule is COc1ccc(CSC(c2ccc(O)cc2)C(C)C(=O)O)cc1.COc1ccc(CSC(c2ccc(O)cc2)[C@@H](N)C(=O)O)cc1.COc1ccc(CSC(c2ccccc2)C(C)C(=O)O)cc1.COc1ccc(CSC(c2ccccc2)[C@@H](N)C(=O)O)cc1. The maximum absolute atomic E-state index is 11.4. The Kier molecular flexibility index (Phi) is 30.9. The zero-order valence-electron chi connectivity index (χ0n) is 50.8. The summed E-state index contributed by atoms with van der Waals surface area (Å²) in [7, 11) is 6.50. The minimum atomic E-state index is -1.05. The topological polar surface area (TPSA) is 279 Å². The van der Waals surface area contributed by atoms with Crippen molar-refractivity contribution >= 4 is 70.9 Å². The lowest BCUT2D eigenvalue weighted by Gasteiger charge is -2.21. The number of rotatable bonds is 28. The molecule has 0 heterocycles. The quantitative estimate of drug-likeness (QED) is 0.0226. The van der Waals surface area contributed by atoms with Crippen LogP contribution in [0.2, 0.25) is 0 Å². The van der Waals surface area contributed by atoms with Gasteiger partial charge in [0.1, 0.15) is 46.6 Å². The summed E-state index contributed by atoms with van der Waals surface area (Å²) in [4.78, 5) is 45.3. The van der Waals surface area contributed by atoms with E-state index in [0.717, 1.165) is 73.3 Å². The fourth-order valence-electron chi connectivity index (χ4n) is 8.64. The second-order valence-electron chi connectivity index (χ2n) is 20.3. The summed E-state index contributed by atoms with van der Waals surface area (Å²) in [5.74, 6) is 1.69. The summed E-state index contributed by atoms with van der Waals surface area (Å²) < 4.78 is 20.5. The van der Waals surface area contributed by atoms with Crippen LogP contribution in [0, 0.1) is 11.8 Å². The van der Waals surface area contributed by atoms with Gasteiger partial charge in [-0.3, -0.25) is 19.2 Å². The van der Waals surface area contributed by atoms with Crippen LogP contribution in [0.15, 0.2) is 206 Å². The van der Waals surface area contributed by atoms with Gasteiger partial charge in [-0.05, 0) is 117 Å². The Morgan fingerprint density at radius 1 is 0.333 bits per heavy atom. The monoisotopic (exact) mass is 1300 g/mol. The lowest BCUT2D eigenvalue weighted by atomic mass is 10.0. The molecule has 90 heavy (non-hydrogen) atoms. The number of ether oxygens (including phenoxy) is 4. The molecule has 0 bridgehead atoms. The molecule has 0 aliphatic carbocycles. The van der Waals surface area contributed by atoms with E-state index in [4.69, 9.17) is 30.4 Å². The largest absolute Gasteiger partial charge is 0.508 e. The van der Waals surface area contributed by atoms with E-state index < -0.39 is 53.0 Å². The number of phenolic OH excluding ortho intramolecular Hbond substituents is 2. The second-order valence-corrected chi connectivity index (χ2v) is 24.8.